The Kier molecular flexibility index (Phi) is 9.16. The highest BCUT2D eigenvalue weighted by atomic mass is 35.5. The Morgan fingerprint density at radius 3 is 2.64 bits per heavy atom. The summed E-state index contributed by atoms with van der Waals surface area (Å²) in [6.45, 7) is 6.05. The van der Waals surface area contributed by atoms with Gasteiger partial charge in [0, 0.05) is 6.20 Å². The van der Waals surface area contributed by atoms with Crippen molar-refractivity contribution in [1.82, 2.24) is 14.6 Å². The van der Waals surface area contributed by atoms with E-state index in [4.69, 9.17) is 48.1 Å². The molecule has 2 heterocycles. The molecular weight excluding hydrogens is 531 g/mol. The number of nitrogens with two attached hydrogens (primary N) is 1. The molecule has 3 unspecified atom stereocenters. The number of carbonyl (C=O) groups is 1. The summed E-state index contributed by atoms with van der Waals surface area (Å²) in [7, 11) is -4.16. The second-order valence-electron chi connectivity index (χ2n) is 8.70. The van der Waals surface area contributed by atoms with E-state index in [1.165, 1.54) is 17.6 Å². The van der Waals surface area contributed by atoms with E-state index in [1.54, 1.807) is 57.3 Å². The number of nitrogens with one attached hydrogen (secondary N) is 1. The number of alkyl halides is 1. The van der Waals surface area contributed by atoms with E-state index in [-0.39, 0.29) is 22.4 Å². The van der Waals surface area contributed by atoms with Crippen molar-refractivity contribution in [2.75, 3.05) is 12.3 Å². The molecule has 0 radical (unpaired) electrons. The third kappa shape index (κ3) is 6.83. The van der Waals surface area contributed by atoms with Crippen molar-refractivity contribution in [3.63, 3.8) is 0 Å². The van der Waals surface area contributed by atoms with Crippen LogP contribution in [-0.2, 0) is 23.4 Å². The Labute approximate surface area is 219 Å². The van der Waals surface area contributed by atoms with Crippen molar-refractivity contribution in [3.05, 3.63) is 47.4 Å². The molecule has 0 spiro atoms. The summed E-state index contributed by atoms with van der Waals surface area (Å²) < 4.78 is 37.6. The molecule has 3 rings (SSSR count). The first-order chi connectivity index (χ1) is 16.8. The van der Waals surface area contributed by atoms with Gasteiger partial charge in [-0.25, -0.2) is 9.55 Å². The van der Waals surface area contributed by atoms with Gasteiger partial charge >= 0.3 is 13.7 Å². The lowest BCUT2D eigenvalue weighted by atomic mass is 10.0. The fourth-order valence-corrected chi connectivity index (χ4v) is 5.52. The molecule has 1 aromatic heterocycles. The number of carbonyl (C=O) groups excluding carboxylic acids is 1. The number of anilines is 1. The van der Waals surface area contributed by atoms with Crippen molar-refractivity contribution in [2.24, 2.45) is 0 Å². The van der Waals surface area contributed by atoms with Crippen LogP contribution in [0.25, 0.3) is 0 Å². The number of aliphatic hydroxyl groups excluding tert-OH is 1. The SMILES string of the molecule is CC(C)OC(=O)[C@H](C)NP(=O)(OC[C@H]1O[C@@H](n2ccc(N)nc2=S)C(C)(Cl)C1O)Oc1ccccc1. The molecule has 1 saturated heterocycles. The number of esters is 1. The van der Waals surface area contributed by atoms with Crippen LogP contribution in [0.2, 0.25) is 0 Å². The molecule has 0 amide bonds. The number of ether oxygens (including phenoxy) is 2. The van der Waals surface area contributed by atoms with Gasteiger partial charge in [-0.05, 0) is 58.1 Å². The fraction of sp³-hybridized carbons (Fsp3) is 0.500. The van der Waals surface area contributed by atoms with Crippen LogP contribution in [0.5, 0.6) is 5.75 Å². The summed E-state index contributed by atoms with van der Waals surface area (Å²) in [5.74, 6) is -0.174. The molecule has 11 nitrogen and oxygen atoms in total. The molecule has 0 saturated carbocycles. The lowest BCUT2D eigenvalue weighted by Crippen LogP contribution is -2.40. The van der Waals surface area contributed by atoms with E-state index < -0.39 is 49.7 Å². The average Bonchev–Trinajstić information content (AvgIpc) is 3.01. The minimum absolute atomic E-state index is 0.109. The Balaban J connectivity index is 1.79. The number of nitrogen functional groups attached to an aromatic ring is 1. The fourth-order valence-electron chi connectivity index (χ4n) is 3.46. The van der Waals surface area contributed by atoms with Crippen LogP contribution in [0.1, 0.15) is 33.9 Å². The van der Waals surface area contributed by atoms with Crippen LogP contribution < -0.4 is 15.3 Å². The van der Waals surface area contributed by atoms with Crippen molar-refractivity contribution in [2.45, 2.75) is 63.2 Å². The maximum absolute atomic E-state index is 13.7. The summed E-state index contributed by atoms with van der Waals surface area (Å²) >= 11 is 11.9. The van der Waals surface area contributed by atoms with Crippen LogP contribution in [0, 0.1) is 4.77 Å². The quantitative estimate of drug-likeness (QED) is 0.169. The van der Waals surface area contributed by atoms with Gasteiger partial charge in [-0.15, -0.1) is 11.6 Å². The smallest absolute Gasteiger partial charge is 0.459 e. The highest BCUT2D eigenvalue weighted by molar-refractivity contribution is 7.71. The van der Waals surface area contributed by atoms with Crippen LogP contribution in [0.15, 0.2) is 42.6 Å². The van der Waals surface area contributed by atoms with Crippen LogP contribution in [-0.4, -0.2) is 56.5 Å². The number of hydrogen-bond acceptors (Lipinski definition) is 10. The summed E-state index contributed by atoms with van der Waals surface area (Å²) in [5.41, 5.74) is 5.68. The molecule has 0 bridgehead atoms. The van der Waals surface area contributed by atoms with E-state index in [0.717, 1.165) is 0 Å². The summed E-state index contributed by atoms with van der Waals surface area (Å²) in [4.78, 5) is 15.0. The van der Waals surface area contributed by atoms with E-state index >= 15 is 0 Å². The highest BCUT2D eigenvalue weighted by Gasteiger charge is 2.54. The third-order valence-corrected chi connectivity index (χ3v) is 7.61. The van der Waals surface area contributed by atoms with Gasteiger partial charge in [0.25, 0.3) is 0 Å². The highest BCUT2D eigenvalue weighted by Crippen LogP contribution is 2.48. The zero-order valence-corrected chi connectivity index (χ0v) is 22.7. The van der Waals surface area contributed by atoms with Gasteiger partial charge in [0.2, 0.25) is 4.77 Å². The Morgan fingerprint density at radius 1 is 1.36 bits per heavy atom. The lowest BCUT2D eigenvalue weighted by Gasteiger charge is -2.27. The van der Waals surface area contributed by atoms with Crippen molar-refractivity contribution >= 4 is 43.4 Å². The molecule has 0 aliphatic carbocycles. The monoisotopic (exact) mass is 560 g/mol. The minimum Gasteiger partial charge on any atom is -0.462 e. The minimum atomic E-state index is -4.16. The summed E-state index contributed by atoms with van der Waals surface area (Å²) in [6.07, 6.45) is -2.02. The molecule has 4 N–H and O–H groups in total. The third-order valence-electron chi connectivity index (χ3n) is 5.26. The second kappa shape index (κ2) is 11.6. The predicted octanol–water partition coefficient (Wildman–Crippen LogP) is 3.58. The molecule has 1 aliphatic rings. The van der Waals surface area contributed by atoms with Gasteiger partial charge in [-0.1, -0.05) is 18.2 Å². The second-order valence-corrected chi connectivity index (χ2v) is 11.6. The van der Waals surface area contributed by atoms with Crippen LogP contribution >= 0.6 is 31.6 Å². The van der Waals surface area contributed by atoms with E-state index in [0.29, 0.717) is 0 Å². The van der Waals surface area contributed by atoms with Crippen LogP contribution in [0.4, 0.5) is 5.82 Å². The standard InChI is InChI=1S/C22H30ClN4O7PS/c1-13(2)32-19(29)14(3)26-35(30,34-15-8-6-5-7-9-15)31-12-16-18(28)22(4,23)20(33-16)27-11-10-17(24)25-21(27)36/h5-11,13-14,16,18,20,28H,12H2,1-4H3,(H,26,30)(H2,24,25,36)/t14-,16+,18?,20+,22?,35?/m0/s1. The molecule has 2 aromatic rings. The predicted molar refractivity (Wildman–Crippen MR) is 136 cm³/mol. The first-order valence-electron chi connectivity index (χ1n) is 11.2. The number of nitrogens with zero attached hydrogens (tertiary/aromatic N) is 2. The molecule has 1 aliphatic heterocycles. The van der Waals surface area contributed by atoms with Gasteiger partial charge in [0.1, 0.15) is 34.7 Å². The van der Waals surface area contributed by atoms with E-state index in [1.807, 2.05) is 0 Å². The van der Waals surface area contributed by atoms with E-state index in [9.17, 15) is 14.5 Å². The van der Waals surface area contributed by atoms with E-state index in [2.05, 4.69) is 10.1 Å². The molecule has 36 heavy (non-hydrogen) atoms. The van der Waals surface area contributed by atoms with Crippen molar-refractivity contribution < 1.29 is 33.0 Å². The van der Waals surface area contributed by atoms with Gasteiger partial charge in [0.15, 0.2) is 6.23 Å². The largest absolute Gasteiger partial charge is 0.462 e. The lowest BCUT2D eigenvalue weighted by molar-refractivity contribution is -0.149. The van der Waals surface area contributed by atoms with Crippen molar-refractivity contribution in [3.8, 4) is 5.75 Å². The summed E-state index contributed by atoms with van der Waals surface area (Å²) in [6, 6.07) is 8.79. The Hall–Kier alpha value is -2.05. The molecule has 14 heteroatoms. The zero-order chi connectivity index (χ0) is 26.7. The average molecular weight is 561 g/mol. The number of benzene rings is 1. The van der Waals surface area contributed by atoms with Crippen LogP contribution in [0.3, 0.4) is 0 Å². The van der Waals surface area contributed by atoms with Gasteiger partial charge in [-0.3, -0.25) is 13.9 Å². The van der Waals surface area contributed by atoms with Gasteiger partial charge < -0.3 is 24.8 Å². The molecule has 6 atom stereocenters. The Bertz CT molecular complexity index is 1170. The molecule has 1 aromatic carbocycles. The van der Waals surface area contributed by atoms with Crippen molar-refractivity contribution in [1.29, 1.82) is 0 Å². The first kappa shape index (κ1) is 28.5. The molecular formula is C22H30ClN4O7PS. The topological polar surface area (TPSA) is 147 Å². The zero-order valence-electron chi connectivity index (χ0n) is 20.2. The maximum atomic E-state index is 13.7. The number of rotatable bonds is 10. The maximum Gasteiger partial charge on any atom is 0.459 e. The first-order valence-corrected chi connectivity index (χ1v) is 13.5. The number of aliphatic hydroxyl groups is 1. The Morgan fingerprint density at radius 2 is 2.03 bits per heavy atom. The van der Waals surface area contributed by atoms with Gasteiger partial charge in [0.05, 0.1) is 12.7 Å². The normalized spacial score (nSPS) is 26.4. The van der Waals surface area contributed by atoms with Gasteiger partial charge in [-0.2, -0.15) is 5.09 Å². The number of hydrogen-bond donors (Lipinski definition) is 3. The molecule has 198 valence electrons. The summed E-state index contributed by atoms with van der Waals surface area (Å²) in [5, 5.41) is 13.5. The molecule has 1 fully saturated rings. The number of aromatic nitrogens is 2. The number of halogens is 1. The number of para-hydroxylation sites is 1.